The number of pyridine rings is 1. The Morgan fingerprint density at radius 2 is 2.11 bits per heavy atom. The van der Waals surface area contributed by atoms with Crippen molar-refractivity contribution in [1.82, 2.24) is 10.3 Å². The summed E-state index contributed by atoms with van der Waals surface area (Å²) in [5, 5.41) is 15.5. The van der Waals surface area contributed by atoms with E-state index in [9.17, 15) is 0 Å². The van der Waals surface area contributed by atoms with Crippen LogP contribution in [0.25, 0.3) is 0 Å². The van der Waals surface area contributed by atoms with E-state index in [1.807, 2.05) is 6.07 Å². The van der Waals surface area contributed by atoms with Crippen LogP contribution < -0.4 is 10.6 Å². The monoisotopic (exact) mass is 262 g/mol. The van der Waals surface area contributed by atoms with Crippen LogP contribution in [0.4, 0.5) is 5.69 Å². The molecule has 0 aliphatic heterocycles. The van der Waals surface area contributed by atoms with Crippen molar-refractivity contribution in [2.75, 3.05) is 5.32 Å². The number of nitriles is 1. The molecule has 2 N–H and O–H groups in total. The number of hydrogen-bond donors (Lipinski definition) is 2. The van der Waals surface area contributed by atoms with Crippen LogP contribution in [0.15, 0.2) is 18.3 Å². The Bertz CT molecular complexity index is 453. The van der Waals surface area contributed by atoms with Gasteiger partial charge in [-0.1, -0.05) is 20.8 Å². The lowest BCUT2D eigenvalue weighted by molar-refractivity contribution is 0.317. The first kappa shape index (κ1) is 14.4. The molecule has 4 nitrogen and oxygen atoms in total. The van der Waals surface area contributed by atoms with Gasteiger partial charge in [0.2, 0.25) is 0 Å². The maximum absolute atomic E-state index is 8.65. The number of aromatic nitrogens is 1. The van der Waals surface area contributed by atoms with Gasteiger partial charge in [-0.15, -0.1) is 0 Å². The molecule has 0 unspecified atom stereocenters. The summed E-state index contributed by atoms with van der Waals surface area (Å²) in [4.78, 5) is 3.97. The van der Waals surface area contributed by atoms with Crippen molar-refractivity contribution in [3.05, 3.63) is 24.0 Å². The van der Waals surface area contributed by atoms with E-state index in [-0.39, 0.29) is 11.5 Å². The molecule has 0 fully saturated rings. The molecule has 0 radical (unpaired) electrons. The average molecular weight is 262 g/mol. The zero-order chi connectivity index (χ0) is 13.8. The first-order chi connectivity index (χ1) is 8.32. The molecule has 0 aromatic carbocycles. The van der Waals surface area contributed by atoms with Crippen LogP contribution in [0.1, 0.15) is 33.4 Å². The molecule has 1 rings (SSSR count). The van der Waals surface area contributed by atoms with Gasteiger partial charge in [0, 0.05) is 6.04 Å². The van der Waals surface area contributed by atoms with E-state index in [0.717, 1.165) is 5.69 Å². The van der Waals surface area contributed by atoms with Crippen molar-refractivity contribution in [2.45, 2.75) is 33.7 Å². The van der Waals surface area contributed by atoms with Crippen molar-refractivity contribution in [1.29, 1.82) is 5.26 Å². The normalized spacial score (nSPS) is 12.4. The summed E-state index contributed by atoms with van der Waals surface area (Å²) < 4.78 is 0. The molecular weight excluding hydrogens is 244 g/mol. The molecule has 0 spiro atoms. The Morgan fingerprint density at radius 1 is 1.44 bits per heavy atom. The van der Waals surface area contributed by atoms with Gasteiger partial charge in [-0.25, -0.2) is 4.98 Å². The van der Waals surface area contributed by atoms with Crippen LogP contribution in [-0.2, 0) is 0 Å². The molecule has 1 atom stereocenters. The third-order valence-corrected chi connectivity index (χ3v) is 3.00. The summed E-state index contributed by atoms with van der Waals surface area (Å²) in [6.07, 6.45) is 1.59. The zero-order valence-corrected chi connectivity index (χ0v) is 11.9. The first-order valence-corrected chi connectivity index (χ1v) is 6.17. The van der Waals surface area contributed by atoms with Crippen molar-refractivity contribution >= 4 is 23.0 Å². The molecule has 0 saturated carbocycles. The maximum atomic E-state index is 8.65. The van der Waals surface area contributed by atoms with E-state index in [0.29, 0.717) is 10.8 Å². The average Bonchev–Trinajstić information content (AvgIpc) is 2.28. The smallest absolute Gasteiger partial charge is 0.171 e. The lowest BCUT2D eigenvalue weighted by atomic mass is 9.88. The third-order valence-electron chi connectivity index (χ3n) is 2.78. The molecule has 18 heavy (non-hydrogen) atoms. The summed E-state index contributed by atoms with van der Waals surface area (Å²) in [7, 11) is 0. The Kier molecular flexibility index (Phi) is 4.62. The maximum Gasteiger partial charge on any atom is 0.171 e. The molecule has 1 heterocycles. The fourth-order valence-electron chi connectivity index (χ4n) is 1.11. The van der Waals surface area contributed by atoms with Crippen LogP contribution in [0, 0.1) is 16.7 Å². The molecule has 0 bridgehead atoms. The highest BCUT2D eigenvalue weighted by Gasteiger charge is 2.20. The first-order valence-electron chi connectivity index (χ1n) is 5.76. The predicted octanol–water partition coefficient (Wildman–Crippen LogP) is 2.67. The minimum absolute atomic E-state index is 0.134. The summed E-state index contributed by atoms with van der Waals surface area (Å²) in [5.74, 6) is 0. The van der Waals surface area contributed by atoms with Gasteiger partial charge in [0.15, 0.2) is 5.11 Å². The molecule has 0 aliphatic carbocycles. The van der Waals surface area contributed by atoms with Gasteiger partial charge in [0.25, 0.3) is 0 Å². The minimum Gasteiger partial charge on any atom is -0.359 e. The van der Waals surface area contributed by atoms with Gasteiger partial charge in [0.1, 0.15) is 11.8 Å². The van der Waals surface area contributed by atoms with Gasteiger partial charge in [-0.2, -0.15) is 5.26 Å². The van der Waals surface area contributed by atoms with Crippen molar-refractivity contribution in [3.8, 4) is 6.07 Å². The van der Waals surface area contributed by atoms with E-state index >= 15 is 0 Å². The van der Waals surface area contributed by atoms with Gasteiger partial charge >= 0.3 is 0 Å². The summed E-state index contributed by atoms with van der Waals surface area (Å²) in [5.41, 5.74) is 1.30. The highest BCUT2D eigenvalue weighted by atomic mass is 32.1. The van der Waals surface area contributed by atoms with Gasteiger partial charge in [-0.3, -0.25) is 0 Å². The quantitative estimate of drug-likeness (QED) is 0.802. The second kappa shape index (κ2) is 5.78. The van der Waals surface area contributed by atoms with E-state index in [1.54, 1.807) is 18.3 Å². The fourth-order valence-corrected chi connectivity index (χ4v) is 1.41. The number of rotatable bonds is 2. The Morgan fingerprint density at radius 3 is 2.56 bits per heavy atom. The van der Waals surface area contributed by atoms with Crippen LogP contribution in [-0.4, -0.2) is 16.1 Å². The SMILES string of the molecule is C[C@H](NC(=S)Nc1ccc(C#N)nc1)C(C)(C)C. The second-order valence-corrected chi connectivity index (χ2v) is 5.64. The summed E-state index contributed by atoms with van der Waals surface area (Å²) in [6, 6.07) is 5.66. The van der Waals surface area contributed by atoms with Crippen LogP contribution in [0.3, 0.4) is 0 Å². The van der Waals surface area contributed by atoms with Crippen molar-refractivity contribution in [3.63, 3.8) is 0 Å². The Balaban J connectivity index is 2.57. The number of anilines is 1. The molecule has 96 valence electrons. The van der Waals surface area contributed by atoms with Crippen LogP contribution >= 0.6 is 12.2 Å². The van der Waals surface area contributed by atoms with Gasteiger partial charge < -0.3 is 10.6 Å². The molecule has 1 aromatic rings. The van der Waals surface area contributed by atoms with Crippen molar-refractivity contribution in [2.24, 2.45) is 5.41 Å². The summed E-state index contributed by atoms with van der Waals surface area (Å²) >= 11 is 5.23. The largest absolute Gasteiger partial charge is 0.359 e. The number of hydrogen-bond acceptors (Lipinski definition) is 3. The number of nitrogens with one attached hydrogen (secondary N) is 2. The van der Waals surface area contributed by atoms with E-state index in [1.165, 1.54) is 0 Å². The standard InChI is InChI=1S/C13H18N4S/c1-9(13(2,3)4)16-12(18)17-11-6-5-10(7-14)15-8-11/h5-6,8-9H,1-4H3,(H2,16,17,18)/t9-/m0/s1. The minimum atomic E-state index is 0.134. The van der Waals surface area contributed by atoms with E-state index < -0.39 is 0 Å². The summed E-state index contributed by atoms with van der Waals surface area (Å²) in [6.45, 7) is 8.54. The van der Waals surface area contributed by atoms with Gasteiger partial charge in [0.05, 0.1) is 11.9 Å². The van der Waals surface area contributed by atoms with E-state index in [2.05, 4.69) is 43.3 Å². The lowest BCUT2D eigenvalue weighted by Crippen LogP contribution is -2.43. The third kappa shape index (κ3) is 4.30. The Labute approximate surface area is 113 Å². The van der Waals surface area contributed by atoms with Gasteiger partial charge in [-0.05, 0) is 36.7 Å². The molecule has 0 aliphatic rings. The fraction of sp³-hybridized carbons (Fsp3) is 0.462. The number of nitrogens with zero attached hydrogens (tertiary/aromatic N) is 2. The second-order valence-electron chi connectivity index (χ2n) is 5.23. The number of thiocarbonyl (C=S) groups is 1. The molecular formula is C13H18N4S. The van der Waals surface area contributed by atoms with Crippen LogP contribution in [0.5, 0.6) is 0 Å². The predicted molar refractivity (Wildman–Crippen MR) is 77.2 cm³/mol. The highest BCUT2D eigenvalue weighted by molar-refractivity contribution is 7.80. The van der Waals surface area contributed by atoms with Crippen LogP contribution in [0.2, 0.25) is 0 Å². The topological polar surface area (TPSA) is 60.7 Å². The molecule has 0 saturated heterocycles. The molecule has 5 heteroatoms. The molecule has 1 aromatic heterocycles. The van der Waals surface area contributed by atoms with E-state index in [4.69, 9.17) is 17.5 Å². The zero-order valence-electron chi connectivity index (χ0n) is 11.1. The molecule has 0 amide bonds. The van der Waals surface area contributed by atoms with Crippen molar-refractivity contribution < 1.29 is 0 Å². The highest BCUT2D eigenvalue weighted by Crippen LogP contribution is 2.18. The lowest BCUT2D eigenvalue weighted by Gasteiger charge is -2.29. The Hall–Kier alpha value is -1.67.